The Hall–Kier alpha value is -2.66. The van der Waals surface area contributed by atoms with E-state index in [9.17, 15) is 0 Å². The van der Waals surface area contributed by atoms with Gasteiger partial charge in [-0.2, -0.15) is 0 Å². The first-order valence-electron chi connectivity index (χ1n) is 6.70. The Labute approximate surface area is 132 Å². The van der Waals surface area contributed by atoms with Gasteiger partial charge >= 0.3 is 0 Å². The second-order valence-electron chi connectivity index (χ2n) is 4.75. The fourth-order valence-corrected chi connectivity index (χ4v) is 2.44. The van der Waals surface area contributed by atoms with Crippen molar-refractivity contribution in [2.45, 2.75) is 0 Å². The zero-order valence-corrected chi connectivity index (χ0v) is 12.7. The van der Waals surface area contributed by atoms with Gasteiger partial charge in [0.25, 0.3) is 0 Å². The third kappa shape index (κ3) is 2.71. The van der Waals surface area contributed by atoms with E-state index in [1.54, 1.807) is 23.2 Å². The number of aliphatic imine (C=N–C) groups is 1. The standard InChI is InChI=1S/C16H14ClN5/c1-22-10-9-20-16(22)15(18)21-14(17)13-12(7-8-19-13)11-5-3-2-4-6-11/h2-10,18-19H,1H3. The van der Waals surface area contributed by atoms with E-state index in [0.29, 0.717) is 11.5 Å². The van der Waals surface area contributed by atoms with Crippen LogP contribution in [-0.2, 0) is 7.05 Å². The summed E-state index contributed by atoms with van der Waals surface area (Å²) in [4.78, 5) is 11.3. The van der Waals surface area contributed by atoms with Crippen molar-refractivity contribution < 1.29 is 0 Å². The van der Waals surface area contributed by atoms with E-state index >= 15 is 0 Å². The van der Waals surface area contributed by atoms with Crippen LogP contribution in [0.3, 0.4) is 0 Å². The molecule has 0 bridgehead atoms. The van der Waals surface area contributed by atoms with Gasteiger partial charge in [-0.15, -0.1) is 0 Å². The normalized spacial score (nSPS) is 11.6. The number of benzene rings is 1. The summed E-state index contributed by atoms with van der Waals surface area (Å²) in [5, 5.41) is 8.26. The molecule has 0 radical (unpaired) electrons. The van der Waals surface area contributed by atoms with Crippen molar-refractivity contribution in [3.63, 3.8) is 0 Å². The Morgan fingerprint density at radius 3 is 2.73 bits per heavy atom. The number of H-pyrrole nitrogens is 1. The van der Waals surface area contributed by atoms with Gasteiger partial charge in [0.15, 0.2) is 16.8 Å². The Morgan fingerprint density at radius 1 is 1.27 bits per heavy atom. The van der Waals surface area contributed by atoms with Crippen molar-refractivity contribution in [1.82, 2.24) is 14.5 Å². The van der Waals surface area contributed by atoms with Crippen molar-refractivity contribution in [1.29, 1.82) is 5.41 Å². The summed E-state index contributed by atoms with van der Waals surface area (Å²) in [5.41, 5.74) is 2.67. The second kappa shape index (κ2) is 5.99. The van der Waals surface area contributed by atoms with Gasteiger partial charge < -0.3 is 9.55 Å². The quantitative estimate of drug-likeness (QED) is 0.564. The molecule has 0 aliphatic carbocycles. The highest BCUT2D eigenvalue weighted by molar-refractivity contribution is 6.70. The average Bonchev–Trinajstić information content (AvgIpc) is 3.16. The number of nitrogens with one attached hydrogen (secondary N) is 2. The molecule has 3 aromatic rings. The summed E-state index contributed by atoms with van der Waals surface area (Å²) < 4.78 is 1.73. The van der Waals surface area contributed by atoms with E-state index in [0.717, 1.165) is 11.1 Å². The molecule has 1 aromatic carbocycles. The van der Waals surface area contributed by atoms with Crippen molar-refractivity contribution in [2.75, 3.05) is 0 Å². The molecule has 6 heteroatoms. The summed E-state index contributed by atoms with van der Waals surface area (Å²) in [6.07, 6.45) is 5.19. The van der Waals surface area contributed by atoms with E-state index in [1.807, 2.05) is 43.4 Å². The minimum absolute atomic E-state index is 0.0195. The van der Waals surface area contributed by atoms with E-state index in [4.69, 9.17) is 17.0 Å². The lowest BCUT2D eigenvalue weighted by Gasteiger charge is -2.04. The number of aromatic amines is 1. The molecule has 22 heavy (non-hydrogen) atoms. The molecule has 2 heterocycles. The lowest BCUT2D eigenvalue weighted by Crippen LogP contribution is -2.07. The molecule has 2 N–H and O–H groups in total. The molecule has 0 atom stereocenters. The highest BCUT2D eigenvalue weighted by Gasteiger charge is 2.13. The summed E-state index contributed by atoms with van der Waals surface area (Å²) >= 11 is 6.31. The van der Waals surface area contributed by atoms with Crippen LogP contribution in [0.2, 0.25) is 0 Å². The fourth-order valence-electron chi connectivity index (χ4n) is 2.20. The maximum atomic E-state index is 8.03. The molecular formula is C16H14ClN5. The summed E-state index contributed by atoms with van der Waals surface area (Å²) in [7, 11) is 1.81. The topological polar surface area (TPSA) is 69.8 Å². The van der Waals surface area contributed by atoms with Crippen molar-refractivity contribution >= 4 is 22.6 Å². The molecular weight excluding hydrogens is 298 g/mol. The van der Waals surface area contributed by atoms with E-state index < -0.39 is 0 Å². The van der Waals surface area contributed by atoms with Gasteiger partial charge in [-0.1, -0.05) is 41.9 Å². The van der Waals surface area contributed by atoms with Crippen LogP contribution in [-0.4, -0.2) is 25.5 Å². The predicted octanol–water partition coefficient (Wildman–Crippen LogP) is 3.43. The van der Waals surface area contributed by atoms with Crippen LogP contribution in [0.5, 0.6) is 0 Å². The molecule has 5 nitrogen and oxygen atoms in total. The molecule has 3 rings (SSSR count). The Bertz CT molecular complexity index is 829. The van der Waals surface area contributed by atoms with E-state index in [1.165, 1.54) is 0 Å². The molecule has 110 valence electrons. The number of nitrogens with zero attached hydrogens (tertiary/aromatic N) is 3. The number of hydrogen-bond acceptors (Lipinski definition) is 2. The van der Waals surface area contributed by atoms with Crippen LogP contribution >= 0.6 is 11.6 Å². The minimum atomic E-state index is 0.0195. The second-order valence-corrected chi connectivity index (χ2v) is 5.10. The van der Waals surface area contributed by atoms with Gasteiger partial charge in [-0.05, 0) is 11.6 Å². The lowest BCUT2D eigenvalue weighted by atomic mass is 10.1. The number of rotatable bonds is 3. The number of hydrogen-bond donors (Lipinski definition) is 2. The van der Waals surface area contributed by atoms with Gasteiger partial charge in [0.05, 0.1) is 5.69 Å². The summed E-state index contributed by atoms with van der Waals surface area (Å²) in [6, 6.07) is 11.8. The largest absolute Gasteiger partial charge is 0.359 e. The van der Waals surface area contributed by atoms with Gasteiger partial charge in [0, 0.05) is 31.2 Å². The zero-order chi connectivity index (χ0) is 15.5. The highest BCUT2D eigenvalue weighted by atomic mass is 35.5. The molecule has 0 unspecified atom stereocenters. The number of aryl methyl sites for hydroxylation is 1. The molecule has 0 aliphatic rings. The smallest absolute Gasteiger partial charge is 0.189 e. The van der Waals surface area contributed by atoms with Gasteiger partial charge in [-0.3, -0.25) is 5.41 Å². The van der Waals surface area contributed by atoms with Gasteiger partial charge in [-0.25, -0.2) is 9.98 Å². The lowest BCUT2D eigenvalue weighted by molar-refractivity contribution is 0.893. The SMILES string of the molecule is Cn1ccnc1C(=N)N=C(Cl)c1[nH]ccc1-c1ccccc1. The molecule has 0 amide bonds. The Kier molecular flexibility index (Phi) is 3.89. The number of imidazole rings is 1. The van der Waals surface area contributed by atoms with Crippen molar-refractivity contribution in [3.05, 3.63) is 66.5 Å². The van der Waals surface area contributed by atoms with Crippen molar-refractivity contribution in [3.8, 4) is 11.1 Å². The van der Waals surface area contributed by atoms with E-state index in [2.05, 4.69) is 15.0 Å². The monoisotopic (exact) mass is 311 g/mol. The van der Waals surface area contributed by atoms with E-state index in [-0.39, 0.29) is 11.0 Å². The van der Waals surface area contributed by atoms with Gasteiger partial charge in [0.1, 0.15) is 0 Å². The maximum Gasteiger partial charge on any atom is 0.189 e. The average molecular weight is 312 g/mol. The molecule has 0 saturated heterocycles. The van der Waals surface area contributed by atoms with Crippen LogP contribution in [0.1, 0.15) is 11.5 Å². The molecule has 0 spiro atoms. The molecule has 2 aromatic heterocycles. The van der Waals surface area contributed by atoms with Crippen LogP contribution in [0.25, 0.3) is 11.1 Å². The van der Waals surface area contributed by atoms with Crippen LogP contribution in [0, 0.1) is 5.41 Å². The maximum absolute atomic E-state index is 8.03. The van der Waals surface area contributed by atoms with Crippen LogP contribution in [0.15, 0.2) is 60.0 Å². The third-order valence-corrected chi connectivity index (χ3v) is 3.55. The number of halogens is 1. The van der Waals surface area contributed by atoms with Crippen LogP contribution < -0.4 is 0 Å². The molecule has 0 fully saturated rings. The number of aromatic nitrogens is 3. The fraction of sp³-hybridized carbons (Fsp3) is 0.0625. The van der Waals surface area contributed by atoms with Crippen LogP contribution in [0.4, 0.5) is 0 Å². The predicted molar refractivity (Wildman–Crippen MR) is 88.7 cm³/mol. The first-order valence-corrected chi connectivity index (χ1v) is 7.08. The zero-order valence-electron chi connectivity index (χ0n) is 11.9. The Balaban J connectivity index is 1.95. The number of amidine groups is 1. The highest BCUT2D eigenvalue weighted by Crippen LogP contribution is 2.24. The summed E-state index contributed by atoms with van der Waals surface area (Å²) in [6.45, 7) is 0. The first-order chi connectivity index (χ1) is 10.7. The molecule has 0 aliphatic heterocycles. The molecule has 0 saturated carbocycles. The minimum Gasteiger partial charge on any atom is -0.359 e. The van der Waals surface area contributed by atoms with Crippen molar-refractivity contribution in [2.24, 2.45) is 12.0 Å². The first kappa shape index (κ1) is 14.3. The summed E-state index contributed by atoms with van der Waals surface area (Å²) in [5.74, 6) is 0.483. The third-order valence-electron chi connectivity index (χ3n) is 3.28. The van der Waals surface area contributed by atoms with Gasteiger partial charge in [0.2, 0.25) is 0 Å². The Morgan fingerprint density at radius 2 is 2.05 bits per heavy atom.